The van der Waals surface area contributed by atoms with Crippen molar-refractivity contribution >= 4 is 23.0 Å². The Morgan fingerprint density at radius 2 is 1.83 bits per heavy atom. The number of anilines is 2. The molecule has 2 aromatic carbocycles. The van der Waals surface area contributed by atoms with Gasteiger partial charge in [-0.05, 0) is 48.0 Å². The van der Waals surface area contributed by atoms with E-state index in [1.54, 1.807) is 18.2 Å². The van der Waals surface area contributed by atoms with Crippen LogP contribution in [0.5, 0.6) is 0 Å². The molecule has 0 spiro atoms. The second-order valence-corrected chi connectivity index (χ2v) is 4.66. The van der Waals surface area contributed by atoms with E-state index in [9.17, 15) is 4.39 Å². The zero-order valence-corrected chi connectivity index (χ0v) is 10.8. The molecule has 0 amide bonds. The molecule has 2 N–H and O–H groups in total. The molecule has 0 aromatic heterocycles. The fourth-order valence-corrected chi connectivity index (χ4v) is 2.09. The van der Waals surface area contributed by atoms with E-state index in [-0.39, 0.29) is 5.82 Å². The number of nitrogens with two attached hydrogens (primary N) is 1. The van der Waals surface area contributed by atoms with Gasteiger partial charge in [-0.2, -0.15) is 0 Å². The molecule has 94 valence electrons. The van der Waals surface area contributed by atoms with Gasteiger partial charge in [0.15, 0.2) is 0 Å². The molecule has 0 aliphatic heterocycles. The van der Waals surface area contributed by atoms with Gasteiger partial charge in [-0.3, -0.25) is 0 Å². The molecule has 0 bridgehead atoms. The second kappa shape index (κ2) is 5.27. The summed E-state index contributed by atoms with van der Waals surface area (Å²) in [6, 6.07) is 11.8. The van der Waals surface area contributed by atoms with Gasteiger partial charge in [-0.25, -0.2) is 4.39 Å². The van der Waals surface area contributed by atoms with E-state index in [0.29, 0.717) is 17.3 Å². The van der Waals surface area contributed by atoms with Gasteiger partial charge in [0.05, 0.1) is 0 Å². The van der Waals surface area contributed by atoms with Crippen LogP contribution in [0.2, 0.25) is 5.02 Å². The van der Waals surface area contributed by atoms with E-state index >= 15 is 0 Å². The molecule has 0 saturated heterocycles. The highest BCUT2D eigenvalue weighted by Crippen LogP contribution is 2.20. The van der Waals surface area contributed by atoms with Crippen LogP contribution in [0.3, 0.4) is 0 Å². The second-order valence-electron chi connectivity index (χ2n) is 4.23. The van der Waals surface area contributed by atoms with Crippen LogP contribution in [-0.4, -0.2) is 7.05 Å². The van der Waals surface area contributed by atoms with Gasteiger partial charge in [-0.15, -0.1) is 0 Å². The maximum atomic E-state index is 12.8. The molecule has 18 heavy (non-hydrogen) atoms. The van der Waals surface area contributed by atoms with Crippen molar-refractivity contribution in [3.63, 3.8) is 0 Å². The summed E-state index contributed by atoms with van der Waals surface area (Å²) in [6.45, 7) is 0.663. The monoisotopic (exact) mass is 264 g/mol. The van der Waals surface area contributed by atoms with Gasteiger partial charge >= 0.3 is 0 Å². The molecule has 0 aliphatic carbocycles. The van der Waals surface area contributed by atoms with Crippen molar-refractivity contribution in [1.29, 1.82) is 0 Å². The Hall–Kier alpha value is -1.74. The standard InChI is InChI=1S/C14H14ClFN2/c1-18(14-4-2-12(16)3-5-14)9-10-6-11(15)8-13(17)7-10/h2-8H,9,17H2,1H3. The minimum atomic E-state index is -0.237. The number of nitrogens with zero attached hydrogens (tertiary/aromatic N) is 1. The molecular weight excluding hydrogens is 251 g/mol. The number of nitrogen functional groups attached to an aromatic ring is 1. The Morgan fingerprint density at radius 1 is 1.17 bits per heavy atom. The zero-order chi connectivity index (χ0) is 13.1. The summed E-state index contributed by atoms with van der Waals surface area (Å²) in [6.07, 6.45) is 0. The first kappa shape index (κ1) is 12.7. The first-order chi connectivity index (χ1) is 8.54. The lowest BCUT2D eigenvalue weighted by molar-refractivity contribution is 0.627. The maximum absolute atomic E-state index is 12.8. The van der Waals surface area contributed by atoms with E-state index in [4.69, 9.17) is 17.3 Å². The van der Waals surface area contributed by atoms with Gasteiger partial charge in [0.25, 0.3) is 0 Å². The fraction of sp³-hybridized carbons (Fsp3) is 0.143. The van der Waals surface area contributed by atoms with Crippen LogP contribution in [-0.2, 0) is 6.54 Å². The molecule has 0 atom stereocenters. The van der Waals surface area contributed by atoms with Crippen LogP contribution in [0.15, 0.2) is 42.5 Å². The Balaban J connectivity index is 2.15. The zero-order valence-electron chi connectivity index (χ0n) is 10.0. The third-order valence-corrected chi connectivity index (χ3v) is 2.89. The summed E-state index contributed by atoms with van der Waals surface area (Å²) in [4.78, 5) is 2.00. The van der Waals surface area contributed by atoms with E-state index < -0.39 is 0 Å². The highest BCUT2D eigenvalue weighted by Gasteiger charge is 2.04. The topological polar surface area (TPSA) is 29.3 Å². The molecule has 0 heterocycles. The first-order valence-corrected chi connectivity index (χ1v) is 5.94. The van der Waals surface area contributed by atoms with Crippen LogP contribution in [0.25, 0.3) is 0 Å². The lowest BCUT2D eigenvalue weighted by Gasteiger charge is -2.19. The van der Waals surface area contributed by atoms with Gasteiger partial charge in [0.1, 0.15) is 5.82 Å². The molecule has 0 saturated carbocycles. The minimum Gasteiger partial charge on any atom is -0.399 e. The highest BCUT2D eigenvalue weighted by molar-refractivity contribution is 6.30. The van der Waals surface area contributed by atoms with Gasteiger partial charge in [0, 0.05) is 30.0 Å². The Morgan fingerprint density at radius 3 is 2.44 bits per heavy atom. The van der Waals surface area contributed by atoms with E-state index in [2.05, 4.69) is 0 Å². The van der Waals surface area contributed by atoms with Crippen molar-refractivity contribution in [1.82, 2.24) is 0 Å². The van der Waals surface area contributed by atoms with Crippen molar-refractivity contribution in [3.8, 4) is 0 Å². The van der Waals surface area contributed by atoms with Crippen LogP contribution < -0.4 is 10.6 Å². The van der Waals surface area contributed by atoms with Crippen molar-refractivity contribution < 1.29 is 4.39 Å². The predicted molar refractivity (Wildman–Crippen MR) is 74.4 cm³/mol. The summed E-state index contributed by atoms with van der Waals surface area (Å²) >= 11 is 5.95. The minimum absolute atomic E-state index is 0.237. The molecule has 0 radical (unpaired) electrons. The highest BCUT2D eigenvalue weighted by atomic mass is 35.5. The Labute approximate surface area is 111 Å². The average molecular weight is 265 g/mol. The lowest BCUT2D eigenvalue weighted by Crippen LogP contribution is -2.16. The number of benzene rings is 2. The molecule has 0 unspecified atom stereocenters. The quantitative estimate of drug-likeness (QED) is 0.857. The summed E-state index contributed by atoms with van der Waals surface area (Å²) in [7, 11) is 1.93. The average Bonchev–Trinajstić information content (AvgIpc) is 2.28. The lowest BCUT2D eigenvalue weighted by atomic mass is 10.2. The molecule has 4 heteroatoms. The molecule has 2 nitrogen and oxygen atoms in total. The fourth-order valence-electron chi connectivity index (χ4n) is 1.83. The van der Waals surface area contributed by atoms with E-state index in [1.165, 1.54) is 12.1 Å². The third-order valence-electron chi connectivity index (χ3n) is 2.67. The molecular formula is C14H14ClFN2. The summed E-state index contributed by atoms with van der Waals surface area (Å²) in [5, 5.41) is 0.623. The van der Waals surface area contributed by atoms with E-state index in [1.807, 2.05) is 24.1 Å². The number of hydrogen-bond acceptors (Lipinski definition) is 2. The third kappa shape index (κ3) is 3.14. The van der Waals surface area contributed by atoms with Crippen LogP contribution in [0.4, 0.5) is 15.8 Å². The smallest absolute Gasteiger partial charge is 0.123 e. The van der Waals surface area contributed by atoms with Crippen LogP contribution in [0.1, 0.15) is 5.56 Å². The van der Waals surface area contributed by atoms with Crippen molar-refractivity contribution in [2.75, 3.05) is 17.7 Å². The first-order valence-electron chi connectivity index (χ1n) is 5.56. The summed E-state index contributed by atoms with van der Waals surface area (Å²) in [5.74, 6) is -0.237. The maximum Gasteiger partial charge on any atom is 0.123 e. The van der Waals surface area contributed by atoms with Crippen molar-refractivity contribution in [3.05, 3.63) is 58.9 Å². The van der Waals surface area contributed by atoms with Gasteiger partial charge < -0.3 is 10.6 Å². The number of halogens is 2. The summed E-state index contributed by atoms with van der Waals surface area (Å²) in [5.41, 5.74) is 8.34. The predicted octanol–water partition coefficient (Wildman–Crippen LogP) is 3.70. The Bertz CT molecular complexity index is 520. The number of hydrogen-bond donors (Lipinski definition) is 1. The van der Waals surface area contributed by atoms with Gasteiger partial charge in [0.2, 0.25) is 0 Å². The largest absolute Gasteiger partial charge is 0.399 e. The Kier molecular flexibility index (Phi) is 3.72. The normalized spacial score (nSPS) is 10.4. The van der Waals surface area contributed by atoms with Crippen molar-refractivity contribution in [2.45, 2.75) is 6.54 Å². The molecule has 0 aliphatic rings. The molecule has 2 rings (SSSR count). The van der Waals surface area contributed by atoms with Crippen molar-refractivity contribution in [2.24, 2.45) is 0 Å². The molecule has 2 aromatic rings. The molecule has 0 fully saturated rings. The SMILES string of the molecule is CN(Cc1cc(N)cc(Cl)c1)c1ccc(F)cc1. The number of rotatable bonds is 3. The van der Waals surface area contributed by atoms with Gasteiger partial charge in [-0.1, -0.05) is 11.6 Å². The van der Waals surface area contributed by atoms with Crippen LogP contribution in [0, 0.1) is 5.82 Å². The van der Waals surface area contributed by atoms with Crippen LogP contribution >= 0.6 is 11.6 Å². The van der Waals surface area contributed by atoms with E-state index in [0.717, 1.165) is 11.3 Å². The summed E-state index contributed by atoms with van der Waals surface area (Å²) < 4.78 is 12.8.